The molecule has 1 aliphatic rings. The third-order valence-corrected chi connectivity index (χ3v) is 5.42. The molecule has 28 heavy (non-hydrogen) atoms. The van der Waals surface area contributed by atoms with E-state index in [1.807, 2.05) is 18.2 Å². The molecule has 0 bridgehead atoms. The van der Waals surface area contributed by atoms with Crippen LogP contribution in [0.15, 0.2) is 41.0 Å². The van der Waals surface area contributed by atoms with Crippen molar-refractivity contribution < 1.29 is 22.4 Å². The van der Waals surface area contributed by atoms with Gasteiger partial charge in [0.05, 0.1) is 18.4 Å². The average Bonchev–Trinajstić information content (AvgIpc) is 3.34. The lowest BCUT2D eigenvalue weighted by Crippen LogP contribution is -2.29. The monoisotopic (exact) mass is 408 g/mol. The molecule has 0 spiro atoms. The summed E-state index contributed by atoms with van der Waals surface area (Å²) in [6, 6.07) is 9.74. The van der Waals surface area contributed by atoms with Crippen LogP contribution in [0.2, 0.25) is 0 Å². The molecule has 0 aliphatic carbocycles. The van der Waals surface area contributed by atoms with Gasteiger partial charge in [-0.15, -0.1) is 10.2 Å². The molecule has 4 rings (SSSR count). The maximum Gasteiger partial charge on any atom is 0.445 e. The number of benzene rings is 1. The van der Waals surface area contributed by atoms with Crippen molar-refractivity contribution in [1.82, 2.24) is 10.2 Å². The van der Waals surface area contributed by atoms with Crippen LogP contribution in [0.5, 0.6) is 0 Å². The van der Waals surface area contributed by atoms with Gasteiger partial charge < -0.3 is 9.32 Å². The maximum absolute atomic E-state index is 12.6. The Kier molecular flexibility index (Phi) is 4.58. The first-order chi connectivity index (χ1) is 13.3. The second kappa shape index (κ2) is 6.93. The van der Waals surface area contributed by atoms with E-state index in [0.717, 1.165) is 12.1 Å². The molecule has 0 saturated heterocycles. The number of amides is 1. The number of halogens is 3. The third kappa shape index (κ3) is 3.47. The van der Waals surface area contributed by atoms with Gasteiger partial charge >= 0.3 is 6.18 Å². The van der Waals surface area contributed by atoms with Gasteiger partial charge in [-0.3, -0.25) is 10.1 Å². The smallest absolute Gasteiger partial charge is 0.445 e. The number of carbonyl (C=O) groups is 1. The molecule has 0 fully saturated rings. The van der Waals surface area contributed by atoms with Crippen molar-refractivity contribution in [3.63, 3.8) is 0 Å². The molecule has 1 aromatic carbocycles. The van der Waals surface area contributed by atoms with Crippen LogP contribution in [0.3, 0.4) is 0 Å². The van der Waals surface area contributed by atoms with Crippen LogP contribution < -0.4 is 10.2 Å². The van der Waals surface area contributed by atoms with E-state index in [4.69, 9.17) is 4.42 Å². The average molecular weight is 408 g/mol. The molecule has 10 heteroatoms. The van der Waals surface area contributed by atoms with E-state index >= 15 is 0 Å². The highest BCUT2D eigenvalue weighted by Gasteiger charge is 2.36. The van der Waals surface area contributed by atoms with Crippen LogP contribution >= 0.6 is 11.3 Å². The normalized spacial score (nSPS) is 16.3. The van der Waals surface area contributed by atoms with Gasteiger partial charge in [0.15, 0.2) is 0 Å². The molecule has 1 aliphatic heterocycles. The van der Waals surface area contributed by atoms with Gasteiger partial charge in [-0.2, -0.15) is 13.2 Å². The van der Waals surface area contributed by atoms with Gasteiger partial charge in [0.1, 0.15) is 5.76 Å². The van der Waals surface area contributed by atoms with Crippen LogP contribution in [0.1, 0.15) is 33.6 Å². The summed E-state index contributed by atoms with van der Waals surface area (Å²) >= 11 is 0.275. The van der Waals surface area contributed by atoms with Crippen LogP contribution in [-0.4, -0.2) is 22.1 Å². The Balaban J connectivity index is 1.51. The zero-order valence-electron chi connectivity index (χ0n) is 14.7. The number of alkyl halides is 3. The molecular weight excluding hydrogens is 393 g/mol. The number of carbonyl (C=O) groups excluding carboxylic acids is 1. The maximum atomic E-state index is 12.6. The number of hydrogen-bond acceptors (Lipinski definition) is 6. The van der Waals surface area contributed by atoms with E-state index in [0.29, 0.717) is 12.3 Å². The molecule has 0 saturated carbocycles. The zero-order chi connectivity index (χ0) is 19.9. The minimum absolute atomic E-state index is 0.218. The molecule has 1 amide bonds. The van der Waals surface area contributed by atoms with Crippen LogP contribution in [0.4, 0.5) is 24.0 Å². The standard InChI is InChI=1S/C18H15F3N4O2S/c1-10-8-11-4-2-3-5-13(11)25(10)9-14-12(6-7-27-14)15(26)22-17-24-23-16(28-17)18(19,20)21/h2-7,10H,8-9H2,1H3,(H,22,24,26). The molecule has 3 heterocycles. The summed E-state index contributed by atoms with van der Waals surface area (Å²) in [5, 5.41) is 7.47. The second-order valence-electron chi connectivity index (χ2n) is 6.43. The van der Waals surface area contributed by atoms with Gasteiger partial charge in [0.2, 0.25) is 10.1 Å². The summed E-state index contributed by atoms with van der Waals surface area (Å²) in [6.45, 7) is 2.46. The number of fused-ring (bicyclic) bond motifs is 1. The number of hydrogen-bond donors (Lipinski definition) is 1. The van der Waals surface area contributed by atoms with E-state index in [9.17, 15) is 18.0 Å². The highest BCUT2D eigenvalue weighted by molar-refractivity contribution is 7.15. The minimum atomic E-state index is -4.60. The largest absolute Gasteiger partial charge is 0.467 e. The van der Waals surface area contributed by atoms with Gasteiger partial charge in [0, 0.05) is 11.7 Å². The number of nitrogens with one attached hydrogen (secondary N) is 1. The van der Waals surface area contributed by atoms with Gasteiger partial charge in [-0.05, 0) is 31.0 Å². The topological polar surface area (TPSA) is 71.3 Å². The fourth-order valence-corrected chi connectivity index (χ4v) is 3.85. The third-order valence-electron chi connectivity index (χ3n) is 4.54. The number of para-hydroxylation sites is 1. The second-order valence-corrected chi connectivity index (χ2v) is 7.41. The SMILES string of the molecule is CC1Cc2ccccc2N1Cc1occc1C(=O)Nc1nnc(C(F)(F)F)s1. The highest BCUT2D eigenvalue weighted by atomic mass is 32.1. The molecule has 1 unspecified atom stereocenters. The fraction of sp³-hybridized carbons (Fsp3) is 0.278. The van der Waals surface area contributed by atoms with Crippen LogP contribution in [0, 0.1) is 0 Å². The quantitative estimate of drug-likeness (QED) is 0.695. The first-order valence-corrected chi connectivity index (χ1v) is 9.27. The summed E-state index contributed by atoms with van der Waals surface area (Å²) in [5.74, 6) is -0.157. The number of furan rings is 1. The Morgan fingerprint density at radius 2 is 2.11 bits per heavy atom. The molecule has 6 nitrogen and oxygen atoms in total. The zero-order valence-corrected chi connectivity index (χ0v) is 15.5. The van der Waals surface area contributed by atoms with Gasteiger partial charge in [-0.25, -0.2) is 0 Å². The van der Waals surface area contributed by atoms with Crippen molar-refractivity contribution >= 4 is 28.1 Å². The summed E-state index contributed by atoms with van der Waals surface area (Å²) in [7, 11) is 0. The van der Waals surface area contributed by atoms with Gasteiger partial charge in [0.25, 0.3) is 5.91 Å². The summed E-state index contributed by atoms with van der Waals surface area (Å²) in [4.78, 5) is 14.7. The van der Waals surface area contributed by atoms with Crippen molar-refractivity contribution in [2.45, 2.75) is 32.1 Å². The summed E-state index contributed by atoms with van der Waals surface area (Å²) in [5.41, 5.74) is 2.55. The predicted octanol–water partition coefficient (Wildman–Crippen LogP) is 4.35. The molecule has 146 valence electrons. The Labute approximate surface area is 162 Å². The Morgan fingerprint density at radius 3 is 2.86 bits per heavy atom. The molecule has 3 aromatic rings. The van der Waals surface area contributed by atoms with Gasteiger partial charge in [-0.1, -0.05) is 29.5 Å². The Bertz CT molecular complexity index is 1010. The minimum Gasteiger partial charge on any atom is -0.467 e. The first-order valence-electron chi connectivity index (χ1n) is 8.46. The van der Waals surface area contributed by atoms with Crippen LogP contribution in [-0.2, 0) is 19.1 Å². The first kappa shape index (κ1) is 18.5. The molecule has 1 N–H and O–H groups in total. The van der Waals surface area contributed by atoms with Crippen LogP contribution in [0.25, 0.3) is 0 Å². The van der Waals surface area contributed by atoms with E-state index in [-0.39, 0.29) is 28.1 Å². The fourth-order valence-electron chi connectivity index (χ4n) is 3.24. The summed E-state index contributed by atoms with van der Waals surface area (Å²) < 4.78 is 43.4. The van der Waals surface area contributed by atoms with E-state index in [1.165, 1.54) is 17.9 Å². The molecule has 2 aromatic heterocycles. The van der Waals surface area contributed by atoms with Crippen molar-refractivity contribution in [1.29, 1.82) is 0 Å². The lowest BCUT2D eigenvalue weighted by molar-refractivity contribution is -0.138. The van der Waals surface area contributed by atoms with E-state index in [1.54, 1.807) is 0 Å². The highest BCUT2D eigenvalue weighted by Crippen LogP contribution is 2.35. The van der Waals surface area contributed by atoms with Crippen molar-refractivity contribution in [3.8, 4) is 0 Å². The lowest BCUT2D eigenvalue weighted by atomic mass is 10.1. The molecule has 1 atom stereocenters. The lowest BCUT2D eigenvalue weighted by Gasteiger charge is -2.24. The van der Waals surface area contributed by atoms with Crippen molar-refractivity contribution in [2.75, 3.05) is 10.2 Å². The number of nitrogens with zero attached hydrogens (tertiary/aromatic N) is 3. The number of aromatic nitrogens is 2. The molecule has 0 radical (unpaired) electrons. The molecular formula is C18H15F3N4O2S. The summed E-state index contributed by atoms with van der Waals surface area (Å²) in [6.07, 6.45) is -2.32. The van der Waals surface area contributed by atoms with E-state index in [2.05, 4.69) is 33.4 Å². The van der Waals surface area contributed by atoms with Crippen molar-refractivity contribution in [2.24, 2.45) is 0 Å². The predicted molar refractivity (Wildman–Crippen MR) is 97.4 cm³/mol. The Morgan fingerprint density at radius 1 is 1.32 bits per heavy atom. The number of rotatable bonds is 4. The van der Waals surface area contributed by atoms with E-state index < -0.39 is 17.1 Å². The number of anilines is 2. The van der Waals surface area contributed by atoms with Crippen molar-refractivity contribution in [3.05, 3.63) is 58.5 Å². The Hall–Kier alpha value is -2.88.